The number of nitrogens with zero attached hydrogens (tertiary/aromatic N) is 4. The molecule has 0 aliphatic heterocycles. The maximum absolute atomic E-state index is 6.56. The molecule has 0 unspecified atom stereocenters. The molecule has 4 aromatic heterocycles. The zero-order valence-corrected chi connectivity index (χ0v) is 23.8. The highest BCUT2D eigenvalue weighted by atomic mass is 16.3. The van der Waals surface area contributed by atoms with Gasteiger partial charge in [0.25, 0.3) is 0 Å². The fourth-order valence-corrected chi connectivity index (χ4v) is 6.61. The Morgan fingerprint density at radius 1 is 0.422 bits per heavy atom. The van der Waals surface area contributed by atoms with Gasteiger partial charge in [-0.3, -0.25) is 4.57 Å². The molecule has 10 aromatic rings. The molecule has 0 fully saturated rings. The van der Waals surface area contributed by atoms with Gasteiger partial charge in [-0.15, -0.1) is 0 Å². The van der Waals surface area contributed by atoms with E-state index in [0.29, 0.717) is 17.6 Å². The van der Waals surface area contributed by atoms with Gasteiger partial charge in [0.05, 0.1) is 5.52 Å². The first kappa shape index (κ1) is 24.2. The fraction of sp³-hybridized carbons (Fsp3) is 0. The summed E-state index contributed by atoms with van der Waals surface area (Å²) in [7, 11) is 0. The first-order valence-electron chi connectivity index (χ1n) is 14.9. The molecule has 6 nitrogen and oxygen atoms in total. The minimum absolute atomic E-state index is 0.516. The summed E-state index contributed by atoms with van der Waals surface area (Å²) in [5.74, 6) is 1.66. The molecular weight excluding hydrogens is 556 g/mol. The van der Waals surface area contributed by atoms with Crippen LogP contribution < -0.4 is 0 Å². The minimum atomic E-state index is 0.516. The van der Waals surface area contributed by atoms with Crippen LogP contribution >= 0.6 is 0 Å². The number of para-hydroxylation sites is 3. The van der Waals surface area contributed by atoms with Crippen LogP contribution in [0.4, 0.5) is 0 Å². The van der Waals surface area contributed by atoms with Crippen LogP contribution in [0.15, 0.2) is 142 Å². The zero-order valence-electron chi connectivity index (χ0n) is 23.8. The quantitative estimate of drug-likeness (QED) is 0.209. The molecular formula is C39H22N4O2. The van der Waals surface area contributed by atoms with E-state index in [1.54, 1.807) is 0 Å². The molecule has 210 valence electrons. The first-order valence-corrected chi connectivity index (χ1v) is 14.9. The average molecular weight is 579 g/mol. The molecule has 10 rings (SSSR count). The van der Waals surface area contributed by atoms with Gasteiger partial charge in [-0.2, -0.15) is 9.97 Å². The van der Waals surface area contributed by atoms with Crippen LogP contribution in [-0.2, 0) is 0 Å². The Balaban J connectivity index is 1.30. The normalized spacial score (nSPS) is 12.0. The van der Waals surface area contributed by atoms with E-state index in [4.69, 9.17) is 23.8 Å². The number of fused-ring (bicyclic) bond motifs is 10. The number of furan rings is 2. The number of hydrogen-bond acceptors (Lipinski definition) is 5. The van der Waals surface area contributed by atoms with E-state index in [2.05, 4.69) is 59.2 Å². The van der Waals surface area contributed by atoms with Crippen molar-refractivity contribution < 1.29 is 8.83 Å². The maximum atomic E-state index is 6.56. The van der Waals surface area contributed by atoms with Crippen LogP contribution in [-0.4, -0.2) is 19.5 Å². The number of rotatable bonds is 3. The second-order valence-corrected chi connectivity index (χ2v) is 11.2. The lowest BCUT2D eigenvalue weighted by molar-refractivity contribution is 0.669. The van der Waals surface area contributed by atoms with Crippen molar-refractivity contribution in [2.45, 2.75) is 0 Å². The van der Waals surface area contributed by atoms with E-state index < -0.39 is 0 Å². The molecule has 0 saturated heterocycles. The lowest BCUT2D eigenvalue weighted by atomic mass is 10.1. The fourth-order valence-electron chi connectivity index (χ4n) is 6.61. The van der Waals surface area contributed by atoms with Crippen molar-refractivity contribution >= 4 is 65.7 Å². The molecule has 0 radical (unpaired) electrons. The van der Waals surface area contributed by atoms with Crippen molar-refractivity contribution in [1.29, 1.82) is 0 Å². The summed E-state index contributed by atoms with van der Waals surface area (Å²) in [6.07, 6.45) is 0. The largest absolute Gasteiger partial charge is 0.456 e. The van der Waals surface area contributed by atoms with Crippen LogP contribution in [0.2, 0.25) is 0 Å². The van der Waals surface area contributed by atoms with Gasteiger partial charge >= 0.3 is 0 Å². The Morgan fingerprint density at radius 3 is 1.84 bits per heavy atom. The number of aromatic nitrogens is 4. The van der Waals surface area contributed by atoms with Crippen molar-refractivity contribution in [3.8, 4) is 28.7 Å². The van der Waals surface area contributed by atoms with Gasteiger partial charge in [-0.25, -0.2) is 4.98 Å². The summed E-state index contributed by atoms with van der Waals surface area (Å²) in [5, 5.41) is 6.44. The van der Waals surface area contributed by atoms with Crippen LogP contribution in [0.5, 0.6) is 0 Å². The van der Waals surface area contributed by atoms with Crippen molar-refractivity contribution in [1.82, 2.24) is 19.5 Å². The van der Waals surface area contributed by atoms with Crippen LogP contribution in [0, 0.1) is 0 Å². The SMILES string of the molecule is c1ccc(-c2nc(-c3ccc4c(c3)oc3ccccc34)nc(-n3c4ccccc4c4ccc5c6ccccc6oc5c43)n2)cc1. The van der Waals surface area contributed by atoms with E-state index in [0.717, 1.165) is 76.8 Å². The molecule has 6 aromatic carbocycles. The standard InChI is InChI=1S/C39H22N4O2/c1-2-10-23(11-3-1)37-40-38(24-18-19-28-26-13-5-8-16-32(26)44-34(28)22-24)42-39(41-37)43-31-15-7-4-12-25(31)29-20-21-30-27-14-6-9-17-33(27)45-36(30)35(29)43/h1-22H. The summed E-state index contributed by atoms with van der Waals surface area (Å²) in [6, 6.07) is 45.1. The summed E-state index contributed by atoms with van der Waals surface area (Å²) in [5.41, 5.74) is 6.95. The van der Waals surface area contributed by atoms with Gasteiger partial charge in [-0.1, -0.05) is 97.1 Å². The van der Waals surface area contributed by atoms with Crippen molar-refractivity contribution in [2.24, 2.45) is 0 Å². The molecule has 0 atom stereocenters. The third-order valence-corrected chi connectivity index (χ3v) is 8.67. The van der Waals surface area contributed by atoms with E-state index in [9.17, 15) is 0 Å². The smallest absolute Gasteiger partial charge is 0.238 e. The Kier molecular flexibility index (Phi) is 4.90. The monoisotopic (exact) mass is 578 g/mol. The van der Waals surface area contributed by atoms with E-state index in [1.165, 1.54) is 0 Å². The average Bonchev–Trinajstić information content (AvgIpc) is 3.77. The molecule has 0 saturated carbocycles. The predicted molar refractivity (Wildman–Crippen MR) is 180 cm³/mol. The topological polar surface area (TPSA) is 69.9 Å². The molecule has 0 spiro atoms. The van der Waals surface area contributed by atoms with E-state index in [-0.39, 0.29) is 0 Å². The lowest BCUT2D eigenvalue weighted by Crippen LogP contribution is -2.06. The lowest BCUT2D eigenvalue weighted by Gasteiger charge is -2.11. The molecule has 45 heavy (non-hydrogen) atoms. The van der Waals surface area contributed by atoms with E-state index in [1.807, 2.05) is 78.9 Å². The van der Waals surface area contributed by atoms with Gasteiger partial charge < -0.3 is 8.83 Å². The number of hydrogen-bond donors (Lipinski definition) is 0. The second kappa shape index (κ2) is 9.11. The summed E-state index contributed by atoms with van der Waals surface area (Å²) in [6.45, 7) is 0. The molecule has 0 bridgehead atoms. The Morgan fingerprint density at radius 2 is 1.02 bits per heavy atom. The van der Waals surface area contributed by atoms with Crippen LogP contribution in [0.3, 0.4) is 0 Å². The molecule has 0 aliphatic rings. The van der Waals surface area contributed by atoms with Gasteiger partial charge in [0.1, 0.15) is 22.3 Å². The highest BCUT2D eigenvalue weighted by Gasteiger charge is 2.22. The highest BCUT2D eigenvalue weighted by Crippen LogP contribution is 2.40. The minimum Gasteiger partial charge on any atom is -0.456 e. The molecule has 4 heterocycles. The van der Waals surface area contributed by atoms with Crippen LogP contribution in [0.1, 0.15) is 0 Å². The Labute approximate surface area is 255 Å². The van der Waals surface area contributed by atoms with Crippen molar-refractivity contribution in [3.05, 3.63) is 133 Å². The Bertz CT molecular complexity index is 2770. The van der Waals surface area contributed by atoms with Crippen molar-refractivity contribution in [3.63, 3.8) is 0 Å². The third kappa shape index (κ3) is 3.53. The molecule has 0 aliphatic carbocycles. The third-order valence-electron chi connectivity index (χ3n) is 8.67. The first-order chi connectivity index (χ1) is 22.3. The number of benzene rings is 6. The summed E-state index contributed by atoms with van der Waals surface area (Å²) in [4.78, 5) is 15.3. The summed E-state index contributed by atoms with van der Waals surface area (Å²) >= 11 is 0. The zero-order chi connectivity index (χ0) is 29.5. The van der Waals surface area contributed by atoms with Crippen molar-refractivity contribution in [2.75, 3.05) is 0 Å². The van der Waals surface area contributed by atoms with Gasteiger partial charge in [0.15, 0.2) is 17.2 Å². The molecule has 0 amide bonds. The highest BCUT2D eigenvalue weighted by molar-refractivity contribution is 6.21. The van der Waals surface area contributed by atoms with Gasteiger partial charge in [0.2, 0.25) is 5.95 Å². The molecule has 0 N–H and O–H groups in total. The van der Waals surface area contributed by atoms with Crippen LogP contribution in [0.25, 0.3) is 94.4 Å². The van der Waals surface area contributed by atoms with Gasteiger partial charge in [-0.05, 0) is 36.4 Å². The van der Waals surface area contributed by atoms with Gasteiger partial charge in [0, 0.05) is 43.4 Å². The maximum Gasteiger partial charge on any atom is 0.238 e. The Hall–Kier alpha value is -6.27. The summed E-state index contributed by atoms with van der Waals surface area (Å²) < 4.78 is 14.9. The second-order valence-electron chi connectivity index (χ2n) is 11.2. The predicted octanol–water partition coefficient (Wildman–Crippen LogP) is 10.1. The van der Waals surface area contributed by atoms with E-state index >= 15 is 0 Å². The molecule has 6 heteroatoms.